The fourth-order valence-corrected chi connectivity index (χ4v) is 3.37. The Morgan fingerprint density at radius 1 is 1.11 bits per heavy atom. The molecule has 1 aromatic carbocycles. The Labute approximate surface area is 161 Å². The number of aryl methyl sites for hydroxylation is 1. The van der Waals surface area contributed by atoms with Gasteiger partial charge in [0.2, 0.25) is 17.0 Å². The Hall–Kier alpha value is -2.68. The molecule has 3 rings (SSSR count). The molecule has 0 spiro atoms. The van der Waals surface area contributed by atoms with Gasteiger partial charge in [-0.3, -0.25) is 9.59 Å². The van der Waals surface area contributed by atoms with Crippen LogP contribution in [0, 0.1) is 0 Å². The van der Waals surface area contributed by atoms with Gasteiger partial charge in [-0.2, -0.15) is 0 Å². The van der Waals surface area contributed by atoms with Crippen LogP contribution in [0.25, 0.3) is 22.1 Å². The van der Waals surface area contributed by atoms with E-state index in [0.29, 0.717) is 11.7 Å². The third-order valence-electron chi connectivity index (χ3n) is 4.02. The largest absolute Gasteiger partial charge is 0.355 e. The molecule has 0 saturated carbocycles. The minimum absolute atomic E-state index is 0.0262. The Bertz CT molecular complexity index is 971. The first-order valence-corrected chi connectivity index (χ1v) is 9.90. The highest BCUT2D eigenvalue weighted by atomic mass is 32.2. The lowest BCUT2D eigenvalue weighted by Gasteiger charge is -2.05. The van der Waals surface area contributed by atoms with Gasteiger partial charge in [-0.05, 0) is 19.4 Å². The molecule has 2 N–H and O–H groups in total. The van der Waals surface area contributed by atoms with Crippen LogP contribution < -0.4 is 10.6 Å². The van der Waals surface area contributed by atoms with Crippen LogP contribution >= 0.6 is 11.8 Å². The SMILES string of the molecule is CCCNC(=O)CNC(=O)CSc1nnc2c3ccccc3n(CC)c2n1. The van der Waals surface area contributed by atoms with E-state index in [1.807, 2.05) is 31.2 Å². The van der Waals surface area contributed by atoms with Crippen molar-refractivity contribution < 1.29 is 9.59 Å². The quantitative estimate of drug-likeness (QED) is 0.572. The summed E-state index contributed by atoms with van der Waals surface area (Å²) in [6.45, 7) is 5.37. The number of thioether (sulfide) groups is 1. The molecule has 0 radical (unpaired) electrons. The van der Waals surface area contributed by atoms with Crippen molar-refractivity contribution in [1.29, 1.82) is 0 Å². The summed E-state index contributed by atoms with van der Waals surface area (Å²) in [6, 6.07) is 7.99. The number of aromatic nitrogens is 4. The number of amides is 2. The molecule has 2 heterocycles. The molecular formula is C18H22N6O2S. The van der Waals surface area contributed by atoms with E-state index in [0.717, 1.165) is 35.0 Å². The molecule has 0 aliphatic rings. The number of carbonyl (C=O) groups is 2. The van der Waals surface area contributed by atoms with Gasteiger partial charge in [0.1, 0.15) is 5.52 Å². The topological polar surface area (TPSA) is 102 Å². The van der Waals surface area contributed by atoms with Crippen LogP contribution in [0.2, 0.25) is 0 Å². The molecule has 0 fully saturated rings. The summed E-state index contributed by atoms with van der Waals surface area (Å²) in [6.07, 6.45) is 0.858. The third-order valence-corrected chi connectivity index (χ3v) is 4.86. The molecule has 3 aromatic rings. The number of fused-ring (bicyclic) bond motifs is 3. The van der Waals surface area contributed by atoms with Crippen molar-refractivity contribution in [2.75, 3.05) is 18.8 Å². The molecule has 0 aliphatic heterocycles. The second-order valence-corrected chi connectivity index (χ2v) is 6.89. The van der Waals surface area contributed by atoms with E-state index in [9.17, 15) is 9.59 Å². The number of hydrogen-bond donors (Lipinski definition) is 2. The summed E-state index contributed by atoms with van der Waals surface area (Å²) in [5, 5.41) is 15.2. The zero-order valence-corrected chi connectivity index (χ0v) is 16.2. The predicted octanol–water partition coefficient (Wildman–Crippen LogP) is 1.73. The van der Waals surface area contributed by atoms with E-state index in [4.69, 9.17) is 0 Å². The molecule has 0 aliphatic carbocycles. The molecule has 2 amide bonds. The van der Waals surface area contributed by atoms with Gasteiger partial charge >= 0.3 is 0 Å². The van der Waals surface area contributed by atoms with Gasteiger partial charge in [0.15, 0.2) is 5.65 Å². The first-order chi connectivity index (χ1) is 13.1. The summed E-state index contributed by atoms with van der Waals surface area (Å²) in [5.74, 6) is -0.311. The maximum absolute atomic E-state index is 11.9. The molecule has 0 unspecified atom stereocenters. The highest BCUT2D eigenvalue weighted by molar-refractivity contribution is 7.99. The van der Waals surface area contributed by atoms with E-state index in [-0.39, 0.29) is 24.1 Å². The van der Waals surface area contributed by atoms with Crippen molar-refractivity contribution in [3.8, 4) is 0 Å². The fraction of sp³-hybridized carbons (Fsp3) is 0.389. The second-order valence-electron chi connectivity index (χ2n) is 5.94. The van der Waals surface area contributed by atoms with Gasteiger partial charge < -0.3 is 15.2 Å². The first-order valence-electron chi connectivity index (χ1n) is 8.91. The van der Waals surface area contributed by atoms with Gasteiger partial charge in [0, 0.05) is 18.5 Å². The van der Waals surface area contributed by atoms with Crippen LogP contribution in [0.4, 0.5) is 0 Å². The second kappa shape index (κ2) is 8.81. The maximum atomic E-state index is 11.9. The summed E-state index contributed by atoms with van der Waals surface area (Å²) >= 11 is 1.20. The van der Waals surface area contributed by atoms with E-state index < -0.39 is 0 Å². The molecule has 8 nitrogen and oxygen atoms in total. The Morgan fingerprint density at radius 2 is 1.93 bits per heavy atom. The first kappa shape index (κ1) is 19.1. The minimum atomic E-state index is -0.244. The molecule has 142 valence electrons. The van der Waals surface area contributed by atoms with Gasteiger partial charge in [-0.15, -0.1) is 10.2 Å². The standard InChI is InChI=1S/C18H22N6O2S/c1-3-9-19-14(25)10-20-15(26)11-27-18-21-17-16(22-23-18)12-7-5-6-8-13(12)24(17)4-2/h5-8H,3-4,9-11H2,1-2H3,(H,19,25)(H,20,26). The van der Waals surface area contributed by atoms with Crippen LogP contribution in [0.5, 0.6) is 0 Å². The number of carbonyl (C=O) groups excluding carboxylic acids is 2. The lowest BCUT2D eigenvalue weighted by Crippen LogP contribution is -2.37. The van der Waals surface area contributed by atoms with Gasteiger partial charge in [0.25, 0.3) is 0 Å². The highest BCUT2D eigenvalue weighted by Crippen LogP contribution is 2.26. The normalized spacial score (nSPS) is 11.0. The highest BCUT2D eigenvalue weighted by Gasteiger charge is 2.14. The summed E-state index contributed by atoms with van der Waals surface area (Å²) in [7, 11) is 0. The monoisotopic (exact) mass is 386 g/mol. The smallest absolute Gasteiger partial charge is 0.239 e. The average Bonchev–Trinajstić information content (AvgIpc) is 3.02. The Kier molecular flexibility index (Phi) is 6.23. The van der Waals surface area contributed by atoms with Crippen molar-refractivity contribution in [2.24, 2.45) is 0 Å². The third kappa shape index (κ3) is 4.36. The zero-order valence-electron chi connectivity index (χ0n) is 15.4. The zero-order chi connectivity index (χ0) is 19.2. The van der Waals surface area contributed by atoms with Gasteiger partial charge in [-0.1, -0.05) is 36.9 Å². The maximum Gasteiger partial charge on any atom is 0.239 e. The number of hydrogen-bond acceptors (Lipinski definition) is 6. The van der Waals surface area contributed by atoms with Crippen molar-refractivity contribution in [2.45, 2.75) is 32.0 Å². The van der Waals surface area contributed by atoms with Crippen LogP contribution in [0.15, 0.2) is 29.4 Å². The van der Waals surface area contributed by atoms with Crippen LogP contribution in [0.3, 0.4) is 0 Å². The van der Waals surface area contributed by atoms with Crippen LogP contribution in [-0.2, 0) is 16.1 Å². The summed E-state index contributed by atoms with van der Waals surface area (Å²) in [5.41, 5.74) is 2.58. The van der Waals surface area contributed by atoms with E-state index >= 15 is 0 Å². The van der Waals surface area contributed by atoms with Crippen LogP contribution in [0.1, 0.15) is 20.3 Å². The summed E-state index contributed by atoms with van der Waals surface area (Å²) < 4.78 is 2.08. The molecule has 0 atom stereocenters. The van der Waals surface area contributed by atoms with E-state index in [1.54, 1.807) is 0 Å². The molecule has 27 heavy (non-hydrogen) atoms. The van der Waals surface area contributed by atoms with Crippen LogP contribution in [-0.4, -0.2) is 50.4 Å². The Balaban J connectivity index is 1.66. The Morgan fingerprint density at radius 3 is 2.70 bits per heavy atom. The summed E-state index contributed by atoms with van der Waals surface area (Å²) in [4.78, 5) is 28.0. The van der Waals surface area contributed by atoms with Gasteiger partial charge in [-0.25, -0.2) is 4.98 Å². The van der Waals surface area contributed by atoms with Crippen molar-refractivity contribution in [3.05, 3.63) is 24.3 Å². The van der Waals surface area contributed by atoms with Crippen molar-refractivity contribution in [1.82, 2.24) is 30.4 Å². The molecular weight excluding hydrogens is 364 g/mol. The molecule has 9 heteroatoms. The lowest BCUT2D eigenvalue weighted by molar-refractivity contribution is -0.124. The minimum Gasteiger partial charge on any atom is -0.355 e. The van der Waals surface area contributed by atoms with Crippen molar-refractivity contribution >= 4 is 45.6 Å². The molecule has 0 saturated heterocycles. The number of benzene rings is 1. The fourth-order valence-electron chi connectivity index (χ4n) is 2.76. The number of rotatable bonds is 8. The lowest BCUT2D eigenvalue weighted by atomic mass is 10.2. The number of nitrogens with zero attached hydrogens (tertiary/aromatic N) is 4. The average molecular weight is 386 g/mol. The van der Waals surface area contributed by atoms with E-state index in [1.165, 1.54) is 11.8 Å². The number of nitrogens with one attached hydrogen (secondary N) is 2. The molecule has 0 bridgehead atoms. The van der Waals surface area contributed by atoms with E-state index in [2.05, 4.69) is 37.3 Å². The van der Waals surface area contributed by atoms with Crippen molar-refractivity contribution in [3.63, 3.8) is 0 Å². The number of para-hydroxylation sites is 1. The predicted molar refractivity (Wildman–Crippen MR) is 106 cm³/mol. The molecule has 2 aromatic heterocycles. The van der Waals surface area contributed by atoms with Gasteiger partial charge in [0.05, 0.1) is 17.8 Å².